The minimum atomic E-state index is 0. The molecule has 0 aliphatic carbocycles. The lowest BCUT2D eigenvalue weighted by Gasteiger charge is -2.09. The van der Waals surface area contributed by atoms with E-state index in [1.807, 2.05) is 32.2 Å². The molecule has 26 heavy (non-hydrogen) atoms. The third-order valence-electron chi connectivity index (χ3n) is 4.20. The summed E-state index contributed by atoms with van der Waals surface area (Å²) in [5.41, 5.74) is 2.13. The Bertz CT molecular complexity index is 760. The number of benzene rings is 1. The third kappa shape index (κ3) is 4.77. The van der Waals surface area contributed by atoms with Crippen LogP contribution in [0.25, 0.3) is 12.2 Å². The van der Waals surface area contributed by atoms with Crippen LogP contribution in [0.3, 0.4) is 0 Å². The zero-order valence-corrected chi connectivity index (χ0v) is 16.4. The van der Waals surface area contributed by atoms with Gasteiger partial charge in [0.1, 0.15) is 17.6 Å². The Morgan fingerprint density at radius 1 is 1.38 bits per heavy atom. The van der Waals surface area contributed by atoms with Crippen molar-refractivity contribution in [2.75, 3.05) is 13.7 Å². The van der Waals surface area contributed by atoms with Gasteiger partial charge in [-0.05, 0) is 46.0 Å². The van der Waals surface area contributed by atoms with Crippen molar-refractivity contribution in [2.45, 2.75) is 45.8 Å². The Kier molecular flexibility index (Phi) is 7.06. The van der Waals surface area contributed by atoms with Crippen molar-refractivity contribution >= 4 is 24.6 Å². The molecule has 2 unspecified atom stereocenters. The van der Waals surface area contributed by atoms with Gasteiger partial charge in [0.15, 0.2) is 5.82 Å². The molecule has 3 rings (SSSR count). The summed E-state index contributed by atoms with van der Waals surface area (Å²) < 4.78 is 16.9. The van der Waals surface area contributed by atoms with Gasteiger partial charge >= 0.3 is 0 Å². The molecule has 7 heteroatoms. The highest BCUT2D eigenvalue weighted by Crippen LogP contribution is 2.35. The van der Waals surface area contributed by atoms with Crippen molar-refractivity contribution in [3.63, 3.8) is 0 Å². The number of nitrogens with zero attached hydrogens (tertiary/aromatic N) is 2. The van der Waals surface area contributed by atoms with Crippen LogP contribution in [0.4, 0.5) is 0 Å². The molecule has 1 N–H and O–H groups in total. The number of nitrogens with one attached hydrogen (secondary N) is 1. The predicted octanol–water partition coefficient (Wildman–Crippen LogP) is 3.53. The second-order valence-corrected chi connectivity index (χ2v) is 6.34. The lowest BCUT2D eigenvalue weighted by atomic mass is 10.1. The molecule has 1 aliphatic rings. The number of fused-ring (bicyclic) bond motifs is 1. The van der Waals surface area contributed by atoms with Crippen LogP contribution in [0.15, 0.2) is 16.7 Å². The number of ether oxygens (including phenoxy) is 2. The first-order valence-corrected chi connectivity index (χ1v) is 8.73. The van der Waals surface area contributed by atoms with Crippen LogP contribution in [-0.2, 0) is 12.8 Å². The molecule has 1 aliphatic heterocycles. The molecule has 0 bridgehead atoms. The highest BCUT2D eigenvalue weighted by molar-refractivity contribution is 5.85. The van der Waals surface area contributed by atoms with Gasteiger partial charge in [-0.15, -0.1) is 12.4 Å². The van der Waals surface area contributed by atoms with E-state index in [9.17, 15) is 0 Å². The van der Waals surface area contributed by atoms with Crippen molar-refractivity contribution in [2.24, 2.45) is 0 Å². The molecule has 2 heterocycles. The quantitative estimate of drug-likeness (QED) is 0.793. The maximum absolute atomic E-state index is 5.85. The second kappa shape index (κ2) is 9.05. The summed E-state index contributed by atoms with van der Waals surface area (Å²) in [6.07, 6.45) is 5.58. The third-order valence-corrected chi connectivity index (χ3v) is 4.20. The highest BCUT2D eigenvalue weighted by Gasteiger charge is 2.21. The summed E-state index contributed by atoms with van der Waals surface area (Å²) >= 11 is 0. The van der Waals surface area contributed by atoms with Gasteiger partial charge in [0.05, 0.1) is 6.61 Å². The SMILES string of the molecule is CCOc1cc2c(cc1/C=C/c1nc(CC(C)NC)no1)OC(C)C2.Cl. The van der Waals surface area contributed by atoms with Crippen molar-refractivity contribution in [1.29, 1.82) is 0 Å². The molecular weight excluding hydrogens is 354 g/mol. The molecule has 0 amide bonds. The summed E-state index contributed by atoms with van der Waals surface area (Å²) in [4.78, 5) is 4.40. The van der Waals surface area contributed by atoms with Gasteiger partial charge in [0, 0.05) is 36.1 Å². The average molecular weight is 380 g/mol. The molecular formula is C19H26ClN3O3. The van der Waals surface area contributed by atoms with Crippen LogP contribution in [0, 0.1) is 0 Å². The van der Waals surface area contributed by atoms with Gasteiger partial charge in [-0.2, -0.15) is 4.98 Å². The molecule has 1 aromatic heterocycles. The Morgan fingerprint density at radius 2 is 2.19 bits per heavy atom. The first kappa shape index (κ1) is 20.3. The Hall–Kier alpha value is -2.05. The molecule has 0 saturated heterocycles. The van der Waals surface area contributed by atoms with E-state index in [1.165, 1.54) is 5.56 Å². The second-order valence-electron chi connectivity index (χ2n) is 6.34. The van der Waals surface area contributed by atoms with Crippen molar-refractivity contribution < 1.29 is 14.0 Å². The fourth-order valence-corrected chi connectivity index (χ4v) is 2.82. The molecule has 2 aromatic rings. The molecule has 0 radical (unpaired) electrons. The lowest BCUT2D eigenvalue weighted by Crippen LogP contribution is -2.24. The van der Waals surface area contributed by atoms with Gasteiger partial charge in [0.2, 0.25) is 0 Å². The van der Waals surface area contributed by atoms with Crippen LogP contribution in [0.2, 0.25) is 0 Å². The minimum absolute atomic E-state index is 0. The summed E-state index contributed by atoms with van der Waals surface area (Å²) in [6.45, 7) is 6.74. The maximum atomic E-state index is 5.85. The van der Waals surface area contributed by atoms with E-state index in [2.05, 4.69) is 35.4 Å². The average Bonchev–Trinajstić information content (AvgIpc) is 3.17. The van der Waals surface area contributed by atoms with Crippen molar-refractivity contribution in [1.82, 2.24) is 15.5 Å². The Balaban J connectivity index is 0.00000243. The number of aromatic nitrogens is 2. The molecule has 142 valence electrons. The Morgan fingerprint density at radius 3 is 2.92 bits per heavy atom. The largest absolute Gasteiger partial charge is 0.493 e. The van der Waals surface area contributed by atoms with Crippen molar-refractivity contribution in [3.05, 3.63) is 35.0 Å². The predicted molar refractivity (Wildman–Crippen MR) is 104 cm³/mol. The summed E-state index contributed by atoms with van der Waals surface area (Å²) in [5.74, 6) is 2.94. The van der Waals surface area contributed by atoms with E-state index in [1.54, 1.807) is 0 Å². The smallest absolute Gasteiger partial charge is 0.250 e. The number of halogens is 1. The van der Waals surface area contributed by atoms with Crippen LogP contribution in [-0.4, -0.2) is 35.9 Å². The topological polar surface area (TPSA) is 69.4 Å². The van der Waals surface area contributed by atoms with E-state index in [-0.39, 0.29) is 18.5 Å². The molecule has 1 aromatic carbocycles. The summed E-state index contributed by atoms with van der Waals surface area (Å²) in [6, 6.07) is 4.38. The van der Waals surface area contributed by atoms with Crippen LogP contribution < -0.4 is 14.8 Å². The van der Waals surface area contributed by atoms with Crippen LogP contribution >= 0.6 is 12.4 Å². The number of hydrogen-bond donors (Lipinski definition) is 1. The molecule has 6 nitrogen and oxygen atoms in total. The monoisotopic (exact) mass is 379 g/mol. The van der Waals surface area contributed by atoms with Gasteiger partial charge in [-0.1, -0.05) is 5.16 Å². The molecule has 0 spiro atoms. The number of rotatable bonds is 7. The van der Waals surface area contributed by atoms with Gasteiger partial charge in [-0.25, -0.2) is 0 Å². The molecule has 2 atom stereocenters. The van der Waals surface area contributed by atoms with Crippen molar-refractivity contribution in [3.8, 4) is 11.5 Å². The van der Waals surface area contributed by atoms with Crippen LogP contribution in [0.1, 0.15) is 43.6 Å². The zero-order chi connectivity index (χ0) is 17.8. The van der Waals surface area contributed by atoms with Gasteiger partial charge in [0.25, 0.3) is 5.89 Å². The van der Waals surface area contributed by atoms with E-state index in [4.69, 9.17) is 14.0 Å². The maximum Gasteiger partial charge on any atom is 0.250 e. The molecule has 0 saturated carbocycles. The number of hydrogen-bond acceptors (Lipinski definition) is 6. The first-order chi connectivity index (χ1) is 12.1. The lowest BCUT2D eigenvalue weighted by molar-refractivity contribution is 0.254. The molecule has 0 fully saturated rings. The summed E-state index contributed by atoms with van der Waals surface area (Å²) in [7, 11) is 1.91. The fraction of sp³-hybridized carbons (Fsp3) is 0.474. The van der Waals surface area contributed by atoms with E-state index < -0.39 is 0 Å². The normalized spacial score (nSPS) is 16.8. The van der Waals surface area contributed by atoms with E-state index >= 15 is 0 Å². The highest BCUT2D eigenvalue weighted by atomic mass is 35.5. The van der Waals surface area contributed by atoms with Gasteiger partial charge < -0.3 is 19.3 Å². The fourth-order valence-electron chi connectivity index (χ4n) is 2.82. The number of likely N-dealkylation sites (N-methyl/N-ethyl adjacent to an activating group) is 1. The standard InChI is InChI=1S/C19H25N3O3.ClH/c1-5-23-16-11-15-9-13(3)24-17(15)10-14(16)6-7-19-21-18(22-25-19)8-12(2)20-4;/h6-7,10-13,20H,5,8-9H2,1-4H3;1H/b7-6+;. The summed E-state index contributed by atoms with van der Waals surface area (Å²) in [5, 5.41) is 7.17. The Labute approximate surface area is 160 Å². The van der Waals surface area contributed by atoms with E-state index in [0.29, 0.717) is 24.4 Å². The minimum Gasteiger partial charge on any atom is -0.493 e. The first-order valence-electron chi connectivity index (χ1n) is 8.73. The van der Waals surface area contributed by atoms with Crippen LogP contribution in [0.5, 0.6) is 11.5 Å². The van der Waals surface area contributed by atoms with E-state index in [0.717, 1.165) is 29.9 Å². The van der Waals surface area contributed by atoms with Gasteiger partial charge in [-0.3, -0.25) is 0 Å². The zero-order valence-electron chi connectivity index (χ0n) is 15.6.